The third kappa shape index (κ3) is 4.00. The van der Waals surface area contributed by atoms with E-state index in [0.29, 0.717) is 32.8 Å². The molecule has 0 bridgehead atoms. The normalized spacial score (nSPS) is 15.4. The molecule has 1 aromatic rings. The average molecular weight is 249 g/mol. The van der Waals surface area contributed by atoms with Crippen LogP contribution < -0.4 is 5.32 Å². The molecule has 5 heteroatoms. The number of ether oxygens (including phenoxy) is 1. The molecule has 0 radical (unpaired) electrons. The first-order valence-electron chi connectivity index (χ1n) is 6.36. The van der Waals surface area contributed by atoms with Crippen LogP contribution in [0.2, 0.25) is 0 Å². The van der Waals surface area contributed by atoms with Gasteiger partial charge in [-0.1, -0.05) is 0 Å². The van der Waals surface area contributed by atoms with Crippen molar-refractivity contribution in [3.05, 3.63) is 30.1 Å². The summed E-state index contributed by atoms with van der Waals surface area (Å²) >= 11 is 0. The molecular weight excluding hydrogens is 230 g/mol. The molecule has 1 aliphatic rings. The number of aromatic nitrogens is 1. The standard InChI is InChI=1S/C13H19N3O2/c17-13(16-8-10-18-11-9-16)15-5-1-2-12-3-6-14-7-4-12/h3-4,6-7H,1-2,5,8-11H2,(H,15,17). The number of amides is 2. The minimum atomic E-state index is 0.0213. The van der Waals surface area contributed by atoms with Crippen molar-refractivity contribution in [1.82, 2.24) is 15.2 Å². The van der Waals surface area contributed by atoms with Gasteiger partial charge in [0.2, 0.25) is 0 Å². The number of rotatable bonds is 4. The quantitative estimate of drug-likeness (QED) is 0.812. The third-order valence-corrected chi connectivity index (χ3v) is 2.97. The van der Waals surface area contributed by atoms with E-state index in [1.807, 2.05) is 12.1 Å². The van der Waals surface area contributed by atoms with Crippen molar-refractivity contribution in [2.24, 2.45) is 0 Å². The van der Waals surface area contributed by atoms with E-state index in [1.54, 1.807) is 17.3 Å². The highest BCUT2D eigenvalue weighted by molar-refractivity contribution is 5.74. The number of morpholine rings is 1. The molecule has 18 heavy (non-hydrogen) atoms. The van der Waals surface area contributed by atoms with Crippen LogP contribution in [0.5, 0.6) is 0 Å². The van der Waals surface area contributed by atoms with Gasteiger partial charge in [0.25, 0.3) is 0 Å². The number of hydrogen-bond donors (Lipinski definition) is 1. The van der Waals surface area contributed by atoms with Crippen molar-refractivity contribution in [2.45, 2.75) is 12.8 Å². The van der Waals surface area contributed by atoms with Crippen LogP contribution in [0, 0.1) is 0 Å². The van der Waals surface area contributed by atoms with Crippen LogP contribution in [-0.2, 0) is 11.2 Å². The number of carbonyl (C=O) groups is 1. The molecule has 1 fully saturated rings. The molecule has 2 rings (SSSR count). The fourth-order valence-corrected chi connectivity index (χ4v) is 1.92. The summed E-state index contributed by atoms with van der Waals surface area (Å²) in [5.41, 5.74) is 1.26. The van der Waals surface area contributed by atoms with Crippen molar-refractivity contribution in [3.8, 4) is 0 Å². The second-order valence-corrected chi connectivity index (χ2v) is 4.29. The summed E-state index contributed by atoms with van der Waals surface area (Å²) in [6.45, 7) is 3.37. The molecule has 1 N–H and O–H groups in total. The Labute approximate surface area is 107 Å². The minimum absolute atomic E-state index is 0.0213. The molecular formula is C13H19N3O2. The Morgan fingerprint density at radius 1 is 1.33 bits per heavy atom. The Balaban J connectivity index is 1.61. The fraction of sp³-hybridized carbons (Fsp3) is 0.538. The molecule has 0 unspecified atom stereocenters. The summed E-state index contributed by atoms with van der Waals surface area (Å²) in [5.74, 6) is 0. The number of aryl methyl sites for hydroxylation is 1. The van der Waals surface area contributed by atoms with Gasteiger partial charge in [0, 0.05) is 32.0 Å². The first-order chi connectivity index (χ1) is 8.86. The molecule has 1 aromatic heterocycles. The van der Waals surface area contributed by atoms with Crippen LogP contribution in [-0.4, -0.2) is 48.8 Å². The second kappa shape index (κ2) is 6.96. The SMILES string of the molecule is O=C(NCCCc1ccncc1)N1CCOCC1. The summed E-state index contributed by atoms with van der Waals surface area (Å²) < 4.78 is 5.21. The molecule has 0 aromatic carbocycles. The first-order valence-corrected chi connectivity index (χ1v) is 6.36. The van der Waals surface area contributed by atoms with Crippen molar-refractivity contribution in [1.29, 1.82) is 0 Å². The zero-order valence-electron chi connectivity index (χ0n) is 10.5. The minimum Gasteiger partial charge on any atom is -0.378 e. The van der Waals surface area contributed by atoms with Crippen LogP contribution in [0.4, 0.5) is 4.79 Å². The van der Waals surface area contributed by atoms with Crippen LogP contribution in [0.15, 0.2) is 24.5 Å². The zero-order valence-corrected chi connectivity index (χ0v) is 10.5. The average Bonchev–Trinajstić information content (AvgIpc) is 2.45. The Bertz CT molecular complexity index is 364. The highest BCUT2D eigenvalue weighted by atomic mass is 16.5. The zero-order chi connectivity index (χ0) is 12.6. The van der Waals surface area contributed by atoms with E-state index in [2.05, 4.69) is 10.3 Å². The molecule has 5 nitrogen and oxygen atoms in total. The number of carbonyl (C=O) groups excluding carboxylic acids is 1. The number of nitrogens with one attached hydrogen (secondary N) is 1. The maximum atomic E-state index is 11.8. The van der Waals surface area contributed by atoms with E-state index in [4.69, 9.17) is 4.74 Å². The lowest BCUT2D eigenvalue weighted by Crippen LogP contribution is -2.46. The predicted molar refractivity (Wildman–Crippen MR) is 68.3 cm³/mol. The van der Waals surface area contributed by atoms with Crippen molar-refractivity contribution in [2.75, 3.05) is 32.8 Å². The fourth-order valence-electron chi connectivity index (χ4n) is 1.92. The maximum absolute atomic E-state index is 11.8. The van der Waals surface area contributed by atoms with Crippen molar-refractivity contribution in [3.63, 3.8) is 0 Å². The molecule has 2 heterocycles. The van der Waals surface area contributed by atoms with Gasteiger partial charge in [0.05, 0.1) is 13.2 Å². The van der Waals surface area contributed by atoms with Gasteiger partial charge in [-0.25, -0.2) is 4.79 Å². The van der Waals surface area contributed by atoms with Crippen LogP contribution >= 0.6 is 0 Å². The second-order valence-electron chi connectivity index (χ2n) is 4.29. The van der Waals surface area contributed by atoms with Crippen molar-refractivity contribution < 1.29 is 9.53 Å². The van der Waals surface area contributed by atoms with E-state index < -0.39 is 0 Å². The van der Waals surface area contributed by atoms with Gasteiger partial charge < -0.3 is 15.0 Å². The summed E-state index contributed by atoms with van der Waals surface area (Å²) in [5, 5.41) is 2.94. The van der Waals surface area contributed by atoms with E-state index in [-0.39, 0.29) is 6.03 Å². The maximum Gasteiger partial charge on any atom is 0.317 e. The highest BCUT2D eigenvalue weighted by Gasteiger charge is 2.15. The Hall–Kier alpha value is -1.62. The Morgan fingerprint density at radius 2 is 2.06 bits per heavy atom. The monoisotopic (exact) mass is 249 g/mol. The topological polar surface area (TPSA) is 54.5 Å². The van der Waals surface area contributed by atoms with Gasteiger partial charge in [-0.3, -0.25) is 4.98 Å². The third-order valence-electron chi connectivity index (χ3n) is 2.97. The summed E-state index contributed by atoms with van der Waals surface area (Å²) in [6.07, 6.45) is 5.50. The molecule has 0 aliphatic carbocycles. The predicted octanol–water partition coefficient (Wildman–Crippen LogP) is 1.06. The van der Waals surface area contributed by atoms with Gasteiger partial charge in [0.15, 0.2) is 0 Å². The lowest BCUT2D eigenvalue weighted by molar-refractivity contribution is 0.0532. The molecule has 1 saturated heterocycles. The largest absolute Gasteiger partial charge is 0.378 e. The summed E-state index contributed by atoms with van der Waals surface area (Å²) in [7, 11) is 0. The molecule has 1 aliphatic heterocycles. The Kier molecular flexibility index (Phi) is 4.96. The molecule has 0 atom stereocenters. The highest BCUT2D eigenvalue weighted by Crippen LogP contribution is 2.01. The smallest absolute Gasteiger partial charge is 0.317 e. The Morgan fingerprint density at radius 3 is 2.78 bits per heavy atom. The van der Waals surface area contributed by atoms with Gasteiger partial charge in [-0.05, 0) is 30.5 Å². The van der Waals surface area contributed by atoms with E-state index in [0.717, 1.165) is 12.8 Å². The summed E-state index contributed by atoms with van der Waals surface area (Å²) in [4.78, 5) is 17.5. The lowest BCUT2D eigenvalue weighted by Gasteiger charge is -2.26. The van der Waals surface area contributed by atoms with Crippen LogP contribution in [0.3, 0.4) is 0 Å². The first kappa shape index (κ1) is 12.8. The van der Waals surface area contributed by atoms with Crippen molar-refractivity contribution >= 4 is 6.03 Å². The van der Waals surface area contributed by atoms with E-state index >= 15 is 0 Å². The van der Waals surface area contributed by atoms with E-state index in [1.165, 1.54) is 5.56 Å². The number of nitrogens with zero attached hydrogens (tertiary/aromatic N) is 2. The van der Waals surface area contributed by atoms with E-state index in [9.17, 15) is 4.79 Å². The van der Waals surface area contributed by atoms with Gasteiger partial charge in [0.1, 0.15) is 0 Å². The summed E-state index contributed by atoms with van der Waals surface area (Å²) in [6, 6.07) is 4.03. The molecule has 0 spiro atoms. The lowest BCUT2D eigenvalue weighted by atomic mass is 10.1. The molecule has 98 valence electrons. The number of hydrogen-bond acceptors (Lipinski definition) is 3. The van der Waals surface area contributed by atoms with Gasteiger partial charge in [-0.15, -0.1) is 0 Å². The molecule has 0 saturated carbocycles. The van der Waals surface area contributed by atoms with Gasteiger partial charge in [-0.2, -0.15) is 0 Å². The van der Waals surface area contributed by atoms with Gasteiger partial charge >= 0.3 is 6.03 Å². The molecule has 2 amide bonds. The van der Waals surface area contributed by atoms with Crippen LogP contribution in [0.1, 0.15) is 12.0 Å². The number of urea groups is 1. The van der Waals surface area contributed by atoms with Crippen LogP contribution in [0.25, 0.3) is 0 Å². The number of pyridine rings is 1.